The van der Waals surface area contributed by atoms with Gasteiger partial charge in [-0.1, -0.05) is 69.8 Å². The lowest BCUT2D eigenvalue weighted by atomic mass is 9.85. The van der Waals surface area contributed by atoms with E-state index in [1.165, 1.54) is 12.8 Å². The Morgan fingerprint density at radius 3 is 2.38 bits per heavy atom. The molecule has 0 aromatic carbocycles. The Morgan fingerprint density at radius 1 is 1.00 bits per heavy atom. The molecule has 0 bridgehead atoms. The molecule has 2 atom stereocenters. The highest BCUT2D eigenvalue weighted by Crippen LogP contribution is 2.31. The maximum Gasteiger partial charge on any atom is 0.307 e. The van der Waals surface area contributed by atoms with Gasteiger partial charge in [0.05, 0.1) is 5.92 Å². The third-order valence-corrected chi connectivity index (χ3v) is 5.76. The molecule has 0 aromatic heterocycles. The highest BCUT2D eigenvalue weighted by molar-refractivity contribution is 5.83. The van der Waals surface area contributed by atoms with Crippen LogP contribution < -0.4 is 0 Å². The van der Waals surface area contributed by atoms with E-state index in [9.17, 15) is 19.5 Å². The van der Waals surface area contributed by atoms with E-state index in [1.54, 1.807) is 0 Å². The molecule has 1 aliphatic rings. The Kier molecular flexibility index (Phi) is 14.1. The monoisotopic (exact) mass is 404 g/mol. The normalized spacial score (nSPS) is 16.3. The van der Waals surface area contributed by atoms with Crippen LogP contribution in [0.1, 0.15) is 96.8 Å². The first-order chi connectivity index (χ1) is 14.1. The molecule has 1 N–H and O–H groups in total. The lowest BCUT2D eigenvalue weighted by Crippen LogP contribution is -2.23. The van der Waals surface area contributed by atoms with E-state index in [0.717, 1.165) is 76.9 Å². The molecule has 0 saturated heterocycles. The minimum absolute atomic E-state index is 0.0758. The predicted octanol–water partition coefficient (Wildman–Crippen LogP) is 6.29. The maximum atomic E-state index is 11.6. The fourth-order valence-electron chi connectivity index (χ4n) is 3.71. The molecule has 1 rings (SSSR count). The molecular weight excluding hydrogens is 364 g/mol. The summed E-state index contributed by atoms with van der Waals surface area (Å²) in [5.41, 5.74) is 0. The number of hydrogen-bond acceptors (Lipinski definition) is 3. The zero-order valence-electron chi connectivity index (χ0n) is 18.2. The van der Waals surface area contributed by atoms with Crippen LogP contribution in [-0.4, -0.2) is 23.1 Å². The van der Waals surface area contributed by atoms with E-state index < -0.39 is 11.9 Å². The summed E-state index contributed by atoms with van der Waals surface area (Å²) in [6.07, 6.45) is 22.6. The SMILES string of the molecule is CCCCCC(/C=C/C=C\CCCCCCCC(=O)C1CC1)C(CC=O)C(=O)O. The average Bonchev–Trinajstić information content (AvgIpc) is 3.54. The van der Waals surface area contributed by atoms with Crippen LogP contribution in [0.2, 0.25) is 0 Å². The number of hydrogen-bond donors (Lipinski definition) is 1. The molecule has 0 heterocycles. The summed E-state index contributed by atoms with van der Waals surface area (Å²) in [5.74, 6) is -0.714. The summed E-state index contributed by atoms with van der Waals surface area (Å²) in [5, 5.41) is 9.42. The van der Waals surface area contributed by atoms with Crippen molar-refractivity contribution in [2.24, 2.45) is 17.8 Å². The minimum Gasteiger partial charge on any atom is -0.481 e. The number of aliphatic carboxylic acids is 1. The van der Waals surface area contributed by atoms with Crippen molar-refractivity contribution in [3.05, 3.63) is 24.3 Å². The van der Waals surface area contributed by atoms with Gasteiger partial charge in [0, 0.05) is 18.8 Å². The minimum atomic E-state index is -0.883. The molecule has 1 saturated carbocycles. The number of carboxylic acids is 1. The summed E-state index contributed by atoms with van der Waals surface area (Å²) < 4.78 is 0. The van der Waals surface area contributed by atoms with Gasteiger partial charge in [0.15, 0.2) is 0 Å². The smallest absolute Gasteiger partial charge is 0.307 e. The molecule has 1 fully saturated rings. The second kappa shape index (κ2) is 16.1. The van der Waals surface area contributed by atoms with E-state index in [2.05, 4.69) is 13.0 Å². The number of rotatable bonds is 19. The number of aldehydes is 1. The second-order valence-corrected chi connectivity index (χ2v) is 8.37. The first kappa shape index (κ1) is 25.3. The van der Waals surface area contributed by atoms with Gasteiger partial charge < -0.3 is 9.90 Å². The summed E-state index contributed by atoms with van der Waals surface area (Å²) >= 11 is 0. The van der Waals surface area contributed by atoms with Crippen LogP contribution in [0.3, 0.4) is 0 Å². The molecular formula is C25H40O4. The Morgan fingerprint density at radius 2 is 1.72 bits per heavy atom. The van der Waals surface area contributed by atoms with Crippen molar-refractivity contribution in [2.75, 3.05) is 0 Å². The van der Waals surface area contributed by atoms with E-state index in [4.69, 9.17) is 0 Å². The van der Waals surface area contributed by atoms with Gasteiger partial charge in [0.2, 0.25) is 0 Å². The van der Waals surface area contributed by atoms with Crippen molar-refractivity contribution >= 4 is 18.0 Å². The molecule has 4 heteroatoms. The zero-order valence-corrected chi connectivity index (χ0v) is 18.2. The van der Waals surface area contributed by atoms with Crippen LogP contribution in [0.5, 0.6) is 0 Å². The molecule has 29 heavy (non-hydrogen) atoms. The molecule has 1 aliphatic carbocycles. The Balaban J connectivity index is 2.21. The maximum absolute atomic E-state index is 11.6. The number of allylic oxidation sites excluding steroid dienone is 4. The molecule has 0 amide bonds. The average molecular weight is 405 g/mol. The van der Waals surface area contributed by atoms with E-state index in [1.807, 2.05) is 18.2 Å². The first-order valence-electron chi connectivity index (χ1n) is 11.6. The lowest BCUT2D eigenvalue weighted by Gasteiger charge is -2.19. The molecule has 0 spiro atoms. The zero-order chi connectivity index (χ0) is 21.3. The topological polar surface area (TPSA) is 71.4 Å². The molecule has 164 valence electrons. The predicted molar refractivity (Wildman–Crippen MR) is 118 cm³/mol. The molecule has 0 aromatic rings. The van der Waals surface area contributed by atoms with Crippen molar-refractivity contribution < 1.29 is 19.5 Å². The van der Waals surface area contributed by atoms with Crippen molar-refractivity contribution in [3.8, 4) is 0 Å². The van der Waals surface area contributed by atoms with Gasteiger partial charge in [-0.2, -0.15) is 0 Å². The van der Waals surface area contributed by atoms with Gasteiger partial charge in [-0.25, -0.2) is 0 Å². The van der Waals surface area contributed by atoms with Gasteiger partial charge in [0.1, 0.15) is 12.1 Å². The molecule has 0 radical (unpaired) electrons. The number of carbonyl (C=O) groups is 3. The Labute approximate surface area is 176 Å². The molecule has 4 nitrogen and oxygen atoms in total. The van der Waals surface area contributed by atoms with Gasteiger partial charge in [-0.05, 0) is 44.4 Å². The summed E-state index contributed by atoms with van der Waals surface area (Å²) in [4.78, 5) is 33.9. The van der Waals surface area contributed by atoms with Gasteiger partial charge in [-0.3, -0.25) is 9.59 Å². The van der Waals surface area contributed by atoms with Crippen LogP contribution >= 0.6 is 0 Å². The quantitative estimate of drug-likeness (QED) is 0.156. The third-order valence-electron chi connectivity index (χ3n) is 5.76. The van der Waals surface area contributed by atoms with Gasteiger partial charge in [0.25, 0.3) is 0 Å². The van der Waals surface area contributed by atoms with Crippen LogP contribution in [0.4, 0.5) is 0 Å². The fourth-order valence-corrected chi connectivity index (χ4v) is 3.71. The fraction of sp³-hybridized carbons (Fsp3) is 0.720. The highest BCUT2D eigenvalue weighted by Gasteiger charge is 2.28. The van der Waals surface area contributed by atoms with Crippen molar-refractivity contribution in [1.82, 2.24) is 0 Å². The summed E-state index contributed by atoms with van der Waals surface area (Å²) in [7, 11) is 0. The summed E-state index contributed by atoms with van der Waals surface area (Å²) in [6.45, 7) is 2.13. The van der Waals surface area contributed by atoms with Gasteiger partial charge in [-0.15, -0.1) is 0 Å². The molecule has 0 aliphatic heterocycles. The van der Waals surface area contributed by atoms with Crippen LogP contribution in [-0.2, 0) is 14.4 Å². The number of ketones is 1. The second-order valence-electron chi connectivity index (χ2n) is 8.37. The van der Waals surface area contributed by atoms with Crippen molar-refractivity contribution in [2.45, 2.75) is 96.8 Å². The van der Waals surface area contributed by atoms with E-state index >= 15 is 0 Å². The lowest BCUT2D eigenvalue weighted by molar-refractivity contribution is -0.144. The van der Waals surface area contributed by atoms with Crippen LogP contribution in [0, 0.1) is 17.8 Å². The van der Waals surface area contributed by atoms with E-state index in [-0.39, 0.29) is 12.3 Å². The van der Waals surface area contributed by atoms with E-state index in [0.29, 0.717) is 11.7 Å². The van der Waals surface area contributed by atoms with Crippen LogP contribution in [0.15, 0.2) is 24.3 Å². The van der Waals surface area contributed by atoms with Gasteiger partial charge >= 0.3 is 5.97 Å². The number of unbranched alkanes of at least 4 members (excludes halogenated alkanes) is 7. The first-order valence-corrected chi connectivity index (χ1v) is 11.6. The standard InChI is InChI=1S/C25H40O4/c1-2-3-11-14-21(23(19-20-26)25(28)29)15-12-9-7-5-4-6-8-10-13-16-24(27)22-17-18-22/h7,9,12,15,20-23H,2-6,8,10-11,13-14,16-19H2,1H3,(H,28,29)/b9-7-,15-12+. The van der Waals surface area contributed by atoms with Crippen molar-refractivity contribution in [1.29, 1.82) is 0 Å². The number of carboxylic acid groups (broad SMARTS) is 1. The third kappa shape index (κ3) is 12.5. The van der Waals surface area contributed by atoms with Crippen LogP contribution in [0.25, 0.3) is 0 Å². The number of Topliss-reactive ketones (excluding diaryl/α,β-unsaturated/α-hetero) is 1. The largest absolute Gasteiger partial charge is 0.481 e. The highest BCUT2D eigenvalue weighted by atomic mass is 16.4. The Bertz CT molecular complexity index is 531. The summed E-state index contributed by atoms with van der Waals surface area (Å²) in [6, 6.07) is 0. The number of carbonyl (C=O) groups excluding carboxylic acids is 2. The molecule has 2 unspecified atom stereocenters. The Hall–Kier alpha value is -1.71. The van der Waals surface area contributed by atoms with Crippen molar-refractivity contribution in [3.63, 3.8) is 0 Å².